The fraction of sp³-hybridized carbons (Fsp3) is 0.278. The summed E-state index contributed by atoms with van der Waals surface area (Å²) in [4.78, 5) is 23.0. The maximum absolute atomic E-state index is 12.1. The molecule has 8 heteroatoms. The summed E-state index contributed by atoms with van der Waals surface area (Å²) in [6.45, 7) is 0.577. The molecule has 0 unspecified atom stereocenters. The lowest BCUT2D eigenvalue weighted by atomic mass is 10.1. The van der Waals surface area contributed by atoms with Gasteiger partial charge in [-0.25, -0.2) is 0 Å². The van der Waals surface area contributed by atoms with Crippen molar-refractivity contribution >= 4 is 17.3 Å². The highest BCUT2D eigenvalue weighted by molar-refractivity contribution is 5.96. The van der Waals surface area contributed by atoms with E-state index in [0.717, 1.165) is 18.4 Å². The van der Waals surface area contributed by atoms with Crippen molar-refractivity contribution in [3.05, 3.63) is 57.6 Å². The number of benzene rings is 2. The molecule has 1 amide bonds. The Morgan fingerprint density at radius 3 is 2.73 bits per heavy atom. The molecule has 2 aromatic carbocycles. The number of hydrogen-bond acceptors (Lipinski definition) is 6. The van der Waals surface area contributed by atoms with Gasteiger partial charge >= 0.3 is 0 Å². The Balaban J connectivity index is 1.50. The number of fused-ring (bicyclic) bond motifs is 1. The number of nitrogens with one attached hydrogen (secondary N) is 2. The van der Waals surface area contributed by atoms with Crippen LogP contribution in [-0.4, -0.2) is 23.7 Å². The van der Waals surface area contributed by atoms with Crippen molar-refractivity contribution in [1.82, 2.24) is 5.32 Å². The quantitative estimate of drug-likeness (QED) is 0.610. The van der Waals surface area contributed by atoms with E-state index in [-0.39, 0.29) is 30.0 Å². The summed E-state index contributed by atoms with van der Waals surface area (Å²) in [7, 11) is 0. The Morgan fingerprint density at radius 2 is 1.96 bits per heavy atom. The van der Waals surface area contributed by atoms with Crippen molar-refractivity contribution in [3.63, 3.8) is 0 Å². The monoisotopic (exact) mass is 355 g/mol. The topological polar surface area (TPSA) is 103 Å². The molecule has 1 heterocycles. The zero-order valence-corrected chi connectivity index (χ0v) is 13.9. The van der Waals surface area contributed by atoms with Gasteiger partial charge in [-0.05, 0) is 42.7 Å². The molecule has 0 atom stereocenters. The third-order valence-corrected chi connectivity index (χ3v) is 4.29. The van der Waals surface area contributed by atoms with Crippen molar-refractivity contribution in [2.45, 2.75) is 25.4 Å². The summed E-state index contributed by atoms with van der Waals surface area (Å²) in [5, 5.41) is 17.3. The van der Waals surface area contributed by atoms with Gasteiger partial charge in [0.2, 0.25) is 6.79 Å². The van der Waals surface area contributed by atoms with Crippen molar-refractivity contribution < 1.29 is 19.2 Å². The van der Waals surface area contributed by atoms with Crippen LogP contribution in [-0.2, 0) is 6.54 Å². The molecule has 0 spiro atoms. The third kappa shape index (κ3) is 3.39. The van der Waals surface area contributed by atoms with E-state index in [0.29, 0.717) is 23.7 Å². The number of anilines is 1. The van der Waals surface area contributed by atoms with E-state index < -0.39 is 4.92 Å². The third-order valence-electron chi connectivity index (χ3n) is 4.29. The summed E-state index contributed by atoms with van der Waals surface area (Å²) in [5.41, 5.74) is 1.42. The van der Waals surface area contributed by atoms with Crippen LogP contribution in [0.1, 0.15) is 28.8 Å². The molecule has 0 bridgehead atoms. The summed E-state index contributed by atoms with van der Waals surface area (Å²) in [5.74, 6) is 1.06. The molecule has 1 saturated carbocycles. The van der Waals surface area contributed by atoms with Gasteiger partial charge in [0, 0.05) is 24.2 Å². The number of nitro groups is 1. The molecule has 26 heavy (non-hydrogen) atoms. The highest BCUT2D eigenvalue weighted by Gasteiger charge is 2.25. The van der Waals surface area contributed by atoms with Gasteiger partial charge in [-0.3, -0.25) is 14.9 Å². The van der Waals surface area contributed by atoms with Gasteiger partial charge in [-0.1, -0.05) is 6.07 Å². The fourth-order valence-corrected chi connectivity index (χ4v) is 2.72. The molecule has 0 saturated heterocycles. The molecule has 2 N–H and O–H groups in total. The Hall–Kier alpha value is -3.29. The van der Waals surface area contributed by atoms with Gasteiger partial charge in [0.25, 0.3) is 11.6 Å². The molecule has 0 radical (unpaired) electrons. The van der Waals surface area contributed by atoms with Crippen molar-refractivity contribution in [3.8, 4) is 11.5 Å². The predicted octanol–water partition coefficient (Wildman–Crippen LogP) is 2.83. The van der Waals surface area contributed by atoms with Crippen LogP contribution in [0.3, 0.4) is 0 Å². The lowest BCUT2D eigenvalue weighted by Crippen LogP contribution is -2.25. The molecular weight excluding hydrogens is 338 g/mol. The Labute approximate surface area is 149 Å². The maximum atomic E-state index is 12.1. The molecule has 2 aliphatic rings. The SMILES string of the molecule is O=C(NC1CC1)c1ccc(NCc2ccc3c(c2)OCO3)c([N+](=O)[O-])c1. The molecule has 134 valence electrons. The highest BCUT2D eigenvalue weighted by atomic mass is 16.7. The van der Waals surface area contributed by atoms with E-state index in [2.05, 4.69) is 10.6 Å². The normalized spacial score (nSPS) is 14.8. The standard InChI is InChI=1S/C18H17N3O5/c22-18(20-13-3-4-13)12-2-5-14(15(8-12)21(23)24)19-9-11-1-6-16-17(7-11)26-10-25-16/h1-2,5-8,13,19H,3-4,9-10H2,(H,20,22). The van der Waals surface area contributed by atoms with Gasteiger partial charge < -0.3 is 20.1 Å². The smallest absolute Gasteiger partial charge is 0.293 e. The second-order valence-electron chi connectivity index (χ2n) is 6.28. The van der Waals surface area contributed by atoms with Gasteiger partial charge in [-0.2, -0.15) is 0 Å². The number of carbonyl (C=O) groups is 1. The van der Waals surface area contributed by atoms with Gasteiger partial charge in [0.05, 0.1) is 4.92 Å². The van der Waals surface area contributed by atoms with Crippen molar-refractivity contribution in [2.24, 2.45) is 0 Å². The number of carbonyl (C=O) groups excluding carboxylic acids is 1. The van der Waals surface area contributed by atoms with Gasteiger partial charge in [-0.15, -0.1) is 0 Å². The average Bonchev–Trinajstić information content (AvgIpc) is 3.32. The van der Waals surface area contributed by atoms with E-state index >= 15 is 0 Å². The first-order valence-corrected chi connectivity index (χ1v) is 8.32. The zero-order valence-electron chi connectivity index (χ0n) is 13.9. The number of amides is 1. The van der Waals surface area contributed by atoms with Crippen LogP contribution in [0.4, 0.5) is 11.4 Å². The first-order valence-electron chi connectivity index (χ1n) is 8.32. The van der Waals surface area contributed by atoms with E-state index in [4.69, 9.17) is 9.47 Å². The average molecular weight is 355 g/mol. The second kappa shape index (κ2) is 6.55. The molecule has 4 rings (SSSR count). The first-order chi connectivity index (χ1) is 12.6. The molecular formula is C18H17N3O5. The van der Waals surface area contributed by atoms with E-state index in [1.165, 1.54) is 6.07 Å². The van der Waals surface area contributed by atoms with E-state index in [1.54, 1.807) is 18.2 Å². The lowest BCUT2D eigenvalue weighted by Gasteiger charge is -2.10. The summed E-state index contributed by atoms with van der Waals surface area (Å²) in [6.07, 6.45) is 1.92. The minimum Gasteiger partial charge on any atom is -0.454 e. The fourth-order valence-electron chi connectivity index (χ4n) is 2.72. The molecule has 1 aliphatic carbocycles. The number of rotatable bonds is 6. The number of nitro benzene ring substituents is 1. The Bertz CT molecular complexity index is 879. The van der Waals surface area contributed by atoms with Crippen LogP contribution >= 0.6 is 0 Å². The van der Waals surface area contributed by atoms with Crippen LogP contribution in [0.5, 0.6) is 11.5 Å². The number of nitrogens with zero attached hydrogens (tertiary/aromatic N) is 1. The molecule has 8 nitrogen and oxygen atoms in total. The van der Waals surface area contributed by atoms with Crippen LogP contribution in [0.15, 0.2) is 36.4 Å². The lowest BCUT2D eigenvalue weighted by molar-refractivity contribution is -0.384. The van der Waals surface area contributed by atoms with Crippen LogP contribution in [0, 0.1) is 10.1 Å². The van der Waals surface area contributed by atoms with Crippen molar-refractivity contribution in [1.29, 1.82) is 0 Å². The van der Waals surface area contributed by atoms with Crippen LogP contribution in [0.2, 0.25) is 0 Å². The highest BCUT2D eigenvalue weighted by Crippen LogP contribution is 2.33. The zero-order chi connectivity index (χ0) is 18.1. The van der Waals surface area contributed by atoms with Crippen LogP contribution < -0.4 is 20.1 Å². The van der Waals surface area contributed by atoms with Gasteiger partial charge in [0.15, 0.2) is 11.5 Å². The summed E-state index contributed by atoms with van der Waals surface area (Å²) >= 11 is 0. The summed E-state index contributed by atoms with van der Waals surface area (Å²) < 4.78 is 10.6. The number of ether oxygens (including phenoxy) is 2. The van der Waals surface area contributed by atoms with Crippen molar-refractivity contribution in [2.75, 3.05) is 12.1 Å². The minimum absolute atomic E-state index is 0.130. The second-order valence-corrected chi connectivity index (χ2v) is 6.28. The minimum atomic E-state index is -0.490. The molecule has 0 aromatic heterocycles. The van der Waals surface area contributed by atoms with Gasteiger partial charge in [0.1, 0.15) is 5.69 Å². The van der Waals surface area contributed by atoms with E-state index in [9.17, 15) is 14.9 Å². The van der Waals surface area contributed by atoms with Crippen LogP contribution in [0.25, 0.3) is 0 Å². The Kier molecular flexibility index (Phi) is 4.08. The molecule has 2 aromatic rings. The number of hydrogen-bond donors (Lipinski definition) is 2. The molecule has 1 fully saturated rings. The Morgan fingerprint density at radius 1 is 1.15 bits per heavy atom. The largest absolute Gasteiger partial charge is 0.454 e. The summed E-state index contributed by atoms with van der Waals surface area (Å²) in [6, 6.07) is 10.2. The maximum Gasteiger partial charge on any atom is 0.293 e. The first kappa shape index (κ1) is 16.2. The van der Waals surface area contributed by atoms with E-state index in [1.807, 2.05) is 12.1 Å². The predicted molar refractivity (Wildman–Crippen MR) is 93.5 cm³/mol. The molecule has 1 aliphatic heterocycles.